The van der Waals surface area contributed by atoms with Crippen LogP contribution in [-0.4, -0.2) is 98.8 Å². The van der Waals surface area contributed by atoms with Crippen molar-refractivity contribution in [1.82, 2.24) is 5.32 Å². The first-order valence-corrected chi connectivity index (χ1v) is 7.45. The number of aromatic hydroxyl groups is 1. The molecule has 0 aliphatic carbocycles. The Bertz CT molecular complexity index is 872. The van der Waals surface area contributed by atoms with Crippen molar-refractivity contribution >= 4 is 88.3 Å². The van der Waals surface area contributed by atoms with Crippen LogP contribution in [0.1, 0.15) is 27.1 Å². The molecule has 138 valence electrons. The summed E-state index contributed by atoms with van der Waals surface area (Å²) < 4.78 is 0. The SMILES string of the molecule is O=C(O)CCNC(=O)c1ccc(/N=N/c2ccc(O)c(C(=O)O)c2)cc1.[NaH].[NaH]. The van der Waals surface area contributed by atoms with E-state index in [4.69, 9.17) is 10.2 Å². The van der Waals surface area contributed by atoms with Crippen molar-refractivity contribution < 1.29 is 29.7 Å². The van der Waals surface area contributed by atoms with Crippen molar-refractivity contribution in [2.45, 2.75) is 6.42 Å². The van der Waals surface area contributed by atoms with Gasteiger partial charge in [0.05, 0.1) is 17.8 Å². The Morgan fingerprint density at radius 3 is 2.04 bits per heavy atom. The summed E-state index contributed by atoms with van der Waals surface area (Å²) in [5.74, 6) is -3.05. The number of rotatable bonds is 7. The molecule has 1 amide bonds. The minimum absolute atomic E-state index is 0. The first kappa shape index (κ1) is 26.2. The monoisotopic (exact) mass is 405 g/mol. The van der Waals surface area contributed by atoms with Gasteiger partial charge in [-0.15, -0.1) is 0 Å². The summed E-state index contributed by atoms with van der Waals surface area (Å²) in [6, 6.07) is 9.89. The quantitative estimate of drug-likeness (QED) is 0.404. The number of nitrogens with one attached hydrogen (secondary N) is 1. The fraction of sp³-hybridized carbons (Fsp3) is 0.118. The molecule has 9 nitrogen and oxygen atoms in total. The van der Waals surface area contributed by atoms with Gasteiger partial charge in [-0.05, 0) is 42.5 Å². The first-order valence-electron chi connectivity index (χ1n) is 7.45. The Hall–Kier alpha value is -1.75. The fourth-order valence-corrected chi connectivity index (χ4v) is 1.94. The van der Waals surface area contributed by atoms with Gasteiger partial charge in [0.1, 0.15) is 11.3 Å². The molecule has 0 aromatic heterocycles. The van der Waals surface area contributed by atoms with E-state index in [-0.39, 0.29) is 89.1 Å². The molecule has 2 aromatic carbocycles. The van der Waals surface area contributed by atoms with Gasteiger partial charge in [-0.2, -0.15) is 10.2 Å². The van der Waals surface area contributed by atoms with Crippen LogP contribution in [0.25, 0.3) is 0 Å². The van der Waals surface area contributed by atoms with E-state index in [9.17, 15) is 19.5 Å². The second kappa shape index (κ2) is 12.7. The molecule has 0 saturated heterocycles. The van der Waals surface area contributed by atoms with Gasteiger partial charge in [0.2, 0.25) is 0 Å². The molecule has 0 saturated carbocycles. The van der Waals surface area contributed by atoms with E-state index in [1.165, 1.54) is 42.5 Å². The zero-order valence-electron chi connectivity index (χ0n) is 13.4. The summed E-state index contributed by atoms with van der Waals surface area (Å²) in [4.78, 5) is 33.2. The number of aromatic carboxylic acids is 1. The maximum absolute atomic E-state index is 11.8. The third-order valence-corrected chi connectivity index (χ3v) is 3.25. The summed E-state index contributed by atoms with van der Waals surface area (Å²) in [5.41, 5.74) is 0.731. The number of hydrogen-bond acceptors (Lipinski definition) is 6. The van der Waals surface area contributed by atoms with Crippen LogP contribution < -0.4 is 5.32 Å². The molecule has 0 unspecified atom stereocenters. The molecule has 0 radical (unpaired) electrons. The molecule has 28 heavy (non-hydrogen) atoms. The molecule has 0 fully saturated rings. The Labute approximate surface area is 204 Å². The maximum atomic E-state index is 11.8. The zero-order chi connectivity index (χ0) is 19.1. The van der Waals surface area contributed by atoms with Crippen molar-refractivity contribution in [2.24, 2.45) is 10.2 Å². The second-order valence-corrected chi connectivity index (χ2v) is 5.15. The van der Waals surface area contributed by atoms with Gasteiger partial charge in [0.15, 0.2) is 0 Å². The molecule has 0 spiro atoms. The number of carboxylic acids is 2. The number of amides is 1. The summed E-state index contributed by atoms with van der Waals surface area (Å²) in [5, 5.41) is 37.2. The zero-order valence-corrected chi connectivity index (χ0v) is 13.4. The van der Waals surface area contributed by atoms with Crippen molar-refractivity contribution in [1.29, 1.82) is 0 Å². The molecule has 0 heterocycles. The summed E-state index contributed by atoms with van der Waals surface area (Å²) >= 11 is 0. The van der Waals surface area contributed by atoms with E-state index < -0.39 is 17.8 Å². The van der Waals surface area contributed by atoms with E-state index in [1.807, 2.05) is 0 Å². The van der Waals surface area contributed by atoms with Crippen LogP contribution in [0.2, 0.25) is 0 Å². The van der Waals surface area contributed by atoms with Gasteiger partial charge >= 0.3 is 71.1 Å². The summed E-state index contributed by atoms with van der Waals surface area (Å²) in [6.07, 6.45) is -0.164. The standard InChI is InChI=1S/C17H15N3O6.2Na.2H/c21-14-6-5-12(9-13(14)17(25)26)20-19-11-3-1-10(2-4-11)16(24)18-8-7-15(22)23;;;;/h1-6,9,21H,7-8H2,(H,18,24)(H,22,23)(H,25,26);;;;/b20-19+;;;;. The Balaban J connectivity index is 0.00000364. The Kier molecular flexibility index (Phi) is 11.9. The molecular weight excluding hydrogens is 388 g/mol. The first-order chi connectivity index (χ1) is 12.4. The van der Waals surface area contributed by atoms with Crippen LogP contribution in [0.4, 0.5) is 11.4 Å². The van der Waals surface area contributed by atoms with Gasteiger partial charge in [-0.1, -0.05) is 0 Å². The third-order valence-electron chi connectivity index (χ3n) is 3.25. The number of nitrogens with zero attached hydrogens (tertiary/aromatic N) is 2. The van der Waals surface area contributed by atoms with Crippen molar-refractivity contribution in [2.75, 3.05) is 6.54 Å². The van der Waals surface area contributed by atoms with E-state index in [1.54, 1.807) is 0 Å². The van der Waals surface area contributed by atoms with Crippen molar-refractivity contribution in [3.8, 4) is 5.75 Å². The predicted octanol–water partition coefficient (Wildman–Crippen LogP) is 1.41. The average Bonchev–Trinajstić information content (AvgIpc) is 2.60. The topological polar surface area (TPSA) is 149 Å². The third kappa shape index (κ3) is 8.09. The minimum atomic E-state index is -1.28. The average molecular weight is 405 g/mol. The van der Waals surface area contributed by atoms with Crippen LogP contribution in [0.5, 0.6) is 5.75 Å². The molecule has 0 aliphatic heterocycles. The molecule has 2 aromatic rings. The van der Waals surface area contributed by atoms with E-state index >= 15 is 0 Å². The van der Waals surface area contributed by atoms with Crippen LogP contribution in [-0.2, 0) is 4.79 Å². The second-order valence-electron chi connectivity index (χ2n) is 5.15. The fourth-order valence-electron chi connectivity index (χ4n) is 1.94. The van der Waals surface area contributed by atoms with Gasteiger partial charge in [-0.3, -0.25) is 9.59 Å². The Morgan fingerprint density at radius 2 is 1.46 bits per heavy atom. The summed E-state index contributed by atoms with van der Waals surface area (Å²) in [6.45, 7) is 0.0301. The van der Waals surface area contributed by atoms with Gasteiger partial charge in [0, 0.05) is 12.1 Å². The van der Waals surface area contributed by atoms with Crippen molar-refractivity contribution in [3.63, 3.8) is 0 Å². The van der Waals surface area contributed by atoms with E-state index in [2.05, 4.69) is 15.5 Å². The summed E-state index contributed by atoms with van der Waals surface area (Å²) in [7, 11) is 0. The number of aliphatic carboxylic acids is 1. The number of hydrogen-bond donors (Lipinski definition) is 4. The molecule has 11 heteroatoms. The van der Waals surface area contributed by atoms with Gasteiger partial charge in [-0.25, -0.2) is 4.79 Å². The number of azo groups is 1. The number of carbonyl (C=O) groups is 3. The number of carbonyl (C=O) groups excluding carboxylic acids is 1. The molecular formula is C17H17N3Na2O6. The van der Waals surface area contributed by atoms with Crippen LogP contribution in [0.3, 0.4) is 0 Å². The van der Waals surface area contributed by atoms with Gasteiger partial charge < -0.3 is 20.6 Å². The number of phenols is 1. The molecule has 2 rings (SSSR count). The van der Waals surface area contributed by atoms with Crippen molar-refractivity contribution in [3.05, 3.63) is 53.6 Å². The molecule has 4 N–H and O–H groups in total. The number of carboxylic acid groups (broad SMARTS) is 2. The van der Waals surface area contributed by atoms with Gasteiger partial charge in [0.25, 0.3) is 5.91 Å². The van der Waals surface area contributed by atoms with Crippen LogP contribution in [0.15, 0.2) is 52.7 Å². The molecule has 0 bridgehead atoms. The normalized spacial score (nSPS) is 9.86. The van der Waals surface area contributed by atoms with E-state index in [0.717, 1.165) is 0 Å². The predicted molar refractivity (Wildman–Crippen MR) is 105 cm³/mol. The van der Waals surface area contributed by atoms with Crippen LogP contribution in [0, 0.1) is 0 Å². The molecule has 0 atom stereocenters. The van der Waals surface area contributed by atoms with Crippen LogP contribution >= 0.6 is 0 Å². The number of benzene rings is 2. The Morgan fingerprint density at radius 1 is 0.893 bits per heavy atom. The molecule has 0 aliphatic rings. The van der Waals surface area contributed by atoms with E-state index in [0.29, 0.717) is 11.3 Å².